The maximum absolute atomic E-state index is 12.3. The number of carboxylic acid groups (broad SMARTS) is 3. The number of halogens is 2. The average Bonchev–Trinajstić information content (AvgIpc) is 3.28. The summed E-state index contributed by atoms with van der Waals surface area (Å²) >= 11 is 0. The summed E-state index contributed by atoms with van der Waals surface area (Å²) in [5.41, 5.74) is 0. The summed E-state index contributed by atoms with van der Waals surface area (Å²) in [6.45, 7) is 8.20. The molecule has 4 saturated carbocycles. The van der Waals surface area contributed by atoms with Crippen LogP contribution in [-0.2, 0) is 52.2 Å². The van der Waals surface area contributed by atoms with Gasteiger partial charge in [-0.2, -0.15) is 0 Å². The van der Waals surface area contributed by atoms with Crippen molar-refractivity contribution in [3.63, 3.8) is 0 Å². The van der Waals surface area contributed by atoms with Crippen LogP contribution >= 0.6 is 21.4 Å². The summed E-state index contributed by atoms with van der Waals surface area (Å²) in [6, 6.07) is 0. The fraction of sp³-hybridized carbons (Fsp3) is 0.783. The van der Waals surface area contributed by atoms with Gasteiger partial charge in [-0.15, -0.1) is 0 Å². The molecule has 0 aliphatic heterocycles. The Morgan fingerprint density at radius 1 is 0.460 bits per heavy atom. The maximum atomic E-state index is 12.3. The Morgan fingerprint density at radius 2 is 0.714 bits per heavy atom. The Morgan fingerprint density at radius 3 is 0.968 bits per heavy atom. The molecule has 0 aromatic rings. The molecule has 63 heavy (non-hydrogen) atoms. The third-order valence-electron chi connectivity index (χ3n) is 13.0. The van der Waals surface area contributed by atoms with Crippen LogP contribution in [0.25, 0.3) is 0 Å². The quantitative estimate of drug-likeness (QED) is 0.0276. The van der Waals surface area contributed by atoms with Gasteiger partial charge in [-0.05, 0) is 171 Å². The number of ether oxygens (including phenoxy) is 3. The van der Waals surface area contributed by atoms with Crippen molar-refractivity contribution < 1.29 is 67.6 Å². The van der Waals surface area contributed by atoms with Gasteiger partial charge in [0.1, 0.15) is 0 Å². The van der Waals surface area contributed by atoms with E-state index >= 15 is 0 Å². The van der Waals surface area contributed by atoms with Gasteiger partial charge in [-0.1, -0.05) is 19.6 Å². The zero-order valence-corrected chi connectivity index (χ0v) is 39.4. The number of carboxylic acids is 3. The summed E-state index contributed by atoms with van der Waals surface area (Å²) in [7, 11) is 7.36. The molecule has 0 aromatic heterocycles. The highest BCUT2D eigenvalue weighted by Gasteiger charge is 2.36. The molecule has 0 radical (unpaired) electrons. The molecule has 0 unspecified atom stereocenters. The number of aliphatic hydroxyl groups is 1. The lowest BCUT2D eigenvalue weighted by Gasteiger charge is -2.36. The van der Waals surface area contributed by atoms with Gasteiger partial charge in [0, 0.05) is 40.1 Å². The van der Waals surface area contributed by atoms with Crippen LogP contribution in [0.2, 0.25) is 0 Å². The molecule has 4 fully saturated rings. The topological polar surface area (TPSA) is 228 Å². The minimum atomic E-state index is -1.67. The van der Waals surface area contributed by atoms with E-state index in [2.05, 4.69) is 34.5 Å². The smallest absolute Gasteiger partial charge is 0.330 e. The number of unbranched alkanes of at least 4 members (excludes halogenated alkanes) is 6. The molecular weight excluding hydrogens is 879 g/mol. The lowest BCUT2D eigenvalue weighted by molar-refractivity contribution is -0.150. The minimum absolute atomic E-state index is 0.0277. The normalized spacial score (nSPS) is 25.4. The van der Waals surface area contributed by atoms with Gasteiger partial charge in [0.2, 0.25) is 9.23 Å². The Bertz CT molecular complexity index is 1340. The van der Waals surface area contributed by atoms with Crippen molar-refractivity contribution in [3.8, 4) is 0 Å². The summed E-state index contributed by atoms with van der Waals surface area (Å²) in [5, 5.41) is 35.5. The molecule has 0 spiro atoms. The molecular formula is C46H74Cl2O14S. The van der Waals surface area contributed by atoms with Crippen LogP contribution in [0.15, 0.2) is 25.3 Å². The van der Waals surface area contributed by atoms with Crippen molar-refractivity contribution in [2.24, 2.45) is 47.3 Å². The minimum Gasteiger partial charge on any atom is -0.481 e. The van der Waals surface area contributed by atoms with Gasteiger partial charge in [-0.25, -0.2) is 13.8 Å². The predicted molar refractivity (Wildman–Crippen MR) is 242 cm³/mol. The number of aliphatic hydroxyl groups excluding tert-OH is 1. The van der Waals surface area contributed by atoms with E-state index < -0.39 is 27.1 Å². The number of esters is 3. The van der Waals surface area contributed by atoms with E-state index in [-0.39, 0.29) is 48.2 Å². The first-order chi connectivity index (χ1) is 30.1. The van der Waals surface area contributed by atoms with Gasteiger partial charge >= 0.3 is 35.8 Å². The van der Waals surface area contributed by atoms with Gasteiger partial charge in [-0.3, -0.25) is 19.2 Å². The molecule has 0 bridgehead atoms. The first kappa shape index (κ1) is 58.0. The van der Waals surface area contributed by atoms with Crippen LogP contribution in [0.4, 0.5) is 0 Å². The summed E-state index contributed by atoms with van der Waals surface area (Å²) in [5.74, 6) is -0.621. The molecule has 0 amide bonds. The van der Waals surface area contributed by atoms with Crippen LogP contribution in [0.5, 0.6) is 0 Å². The van der Waals surface area contributed by atoms with E-state index in [1.807, 2.05) is 0 Å². The first-order valence-corrected chi connectivity index (χ1v) is 25.7. The van der Waals surface area contributed by atoms with Gasteiger partial charge in [0.05, 0.1) is 43.5 Å². The molecule has 17 heteroatoms. The van der Waals surface area contributed by atoms with E-state index in [1.54, 1.807) is 0 Å². The molecule has 0 saturated heterocycles. The number of aliphatic carboxylic acids is 3. The van der Waals surface area contributed by atoms with Crippen molar-refractivity contribution in [2.45, 2.75) is 154 Å². The molecule has 4 aliphatic rings. The number of hydrogen-bond donors (Lipinski definition) is 4. The molecule has 4 aliphatic carbocycles. The number of rotatable bonds is 21. The molecule has 4 N–H and O–H groups in total. The zero-order chi connectivity index (χ0) is 47.0. The van der Waals surface area contributed by atoms with Crippen molar-refractivity contribution >= 4 is 66.4 Å². The van der Waals surface area contributed by atoms with Crippen LogP contribution < -0.4 is 0 Å². The lowest BCUT2D eigenvalue weighted by atomic mass is 9.69. The van der Waals surface area contributed by atoms with Crippen LogP contribution in [0.1, 0.15) is 154 Å². The van der Waals surface area contributed by atoms with E-state index in [1.165, 1.54) is 0 Å². The highest BCUT2D eigenvalue weighted by molar-refractivity contribution is 8.26. The monoisotopic (exact) mass is 952 g/mol. The van der Waals surface area contributed by atoms with Crippen molar-refractivity contribution in [1.82, 2.24) is 0 Å². The molecule has 0 atom stereocenters. The largest absolute Gasteiger partial charge is 0.481 e. The summed E-state index contributed by atoms with van der Waals surface area (Å²) < 4.78 is 24.2. The fourth-order valence-corrected chi connectivity index (χ4v) is 9.22. The number of hydrogen-bond acceptors (Lipinski definition) is 11. The Labute approximate surface area is 385 Å². The van der Waals surface area contributed by atoms with Crippen molar-refractivity contribution in [2.75, 3.05) is 26.4 Å². The first-order valence-electron chi connectivity index (χ1n) is 22.9. The number of carbonyl (C=O) groups excluding carboxylic acids is 3. The van der Waals surface area contributed by atoms with E-state index in [0.717, 1.165) is 166 Å². The SMILES string of the molecule is C=CC(=O)OCCCCCCO.C=CC(=O)OCCCCCCOC(=O)C1CCC(C2CCC(C(=O)O)CC2)CC1.O=C(O)C1CCC(C2CCC(C(=O)O)CC2)CC1.O=S(Cl)Cl. The predicted octanol–water partition coefficient (Wildman–Crippen LogP) is 9.60. The lowest BCUT2D eigenvalue weighted by Crippen LogP contribution is -2.30. The fourth-order valence-electron chi connectivity index (χ4n) is 9.22. The summed E-state index contributed by atoms with van der Waals surface area (Å²) in [6.07, 6.45) is 24.4. The van der Waals surface area contributed by atoms with Crippen LogP contribution in [0, 0.1) is 47.3 Å². The van der Waals surface area contributed by atoms with E-state index in [9.17, 15) is 28.8 Å². The molecule has 0 heterocycles. The second kappa shape index (κ2) is 35.3. The molecule has 362 valence electrons. The molecule has 0 aromatic carbocycles. The van der Waals surface area contributed by atoms with Gasteiger partial charge < -0.3 is 34.6 Å². The van der Waals surface area contributed by atoms with Crippen molar-refractivity contribution in [3.05, 3.63) is 25.3 Å². The van der Waals surface area contributed by atoms with Gasteiger partial charge in [0.15, 0.2) is 0 Å². The van der Waals surface area contributed by atoms with Crippen molar-refractivity contribution in [1.29, 1.82) is 0 Å². The van der Waals surface area contributed by atoms with E-state index in [0.29, 0.717) is 43.5 Å². The Kier molecular flexibility index (Phi) is 32.5. The third kappa shape index (κ3) is 27.2. The summed E-state index contributed by atoms with van der Waals surface area (Å²) in [4.78, 5) is 66.6. The Balaban J connectivity index is 0.000000495. The third-order valence-corrected chi connectivity index (χ3v) is 13.0. The zero-order valence-electron chi connectivity index (χ0n) is 37.0. The second-order valence-electron chi connectivity index (χ2n) is 17.1. The van der Waals surface area contributed by atoms with E-state index in [4.69, 9.17) is 38.8 Å². The highest BCUT2D eigenvalue weighted by Crippen LogP contribution is 2.43. The average molecular weight is 954 g/mol. The molecule has 14 nitrogen and oxygen atoms in total. The molecule has 4 rings (SSSR count). The highest BCUT2D eigenvalue weighted by atomic mass is 36.0. The van der Waals surface area contributed by atoms with Crippen LogP contribution in [0.3, 0.4) is 0 Å². The second-order valence-corrected chi connectivity index (χ2v) is 19.6. The number of carbonyl (C=O) groups is 6. The Hall–Kier alpha value is -3.01. The maximum Gasteiger partial charge on any atom is 0.330 e. The van der Waals surface area contributed by atoms with Crippen LogP contribution in [-0.4, -0.2) is 86.9 Å². The van der Waals surface area contributed by atoms with Gasteiger partial charge in [0.25, 0.3) is 0 Å². The standard InChI is InChI=1S/C23H36O6.C14H22O4.C9H16O3.Cl2OS/c1-2-21(24)28-15-5-3-4-6-16-29-23(27)20-13-9-18(10-14-20)17-7-11-19(12-8-17)22(25)26;15-13(16)11-5-1-9(2-6-11)10-3-7-12(8-4-10)14(17)18;1-2-9(11)12-8-6-4-3-5-7-10;1-4(2)3/h2,17-20H,1,3-16H2,(H,25,26);9-12H,1-8H2,(H,15,16)(H,17,18);2,10H,1,3-8H2;.